The number of carbonyl (C=O) groups is 2. The van der Waals surface area contributed by atoms with E-state index < -0.39 is 23.2 Å². The predicted molar refractivity (Wildman–Crippen MR) is 134 cm³/mol. The Hall–Kier alpha value is -4.59. The van der Waals surface area contributed by atoms with E-state index in [0.717, 1.165) is 10.5 Å². The molecule has 2 aromatic heterocycles. The molecule has 0 atom stereocenters. The van der Waals surface area contributed by atoms with Gasteiger partial charge >= 0.3 is 5.91 Å². The second kappa shape index (κ2) is 8.88. The van der Waals surface area contributed by atoms with Gasteiger partial charge in [0.15, 0.2) is 12.4 Å². The van der Waals surface area contributed by atoms with Crippen LogP contribution in [0.15, 0.2) is 83.9 Å². The van der Waals surface area contributed by atoms with Crippen LogP contribution in [0, 0.1) is 12.7 Å². The summed E-state index contributed by atoms with van der Waals surface area (Å²) in [6, 6.07) is 17.8. The van der Waals surface area contributed by atoms with E-state index in [1.807, 2.05) is 26.8 Å². The zero-order valence-corrected chi connectivity index (χ0v) is 20.0. The zero-order chi connectivity index (χ0) is 25.6. The Balaban J connectivity index is 1.79. The lowest BCUT2D eigenvalue weighted by atomic mass is 9.98. The van der Waals surface area contributed by atoms with Crippen molar-refractivity contribution in [2.45, 2.75) is 26.7 Å². The molecule has 5 rings (SSSR count). The number of aromatic nitrogens is 3. The summed E-state index contributed by atoms with van der Waals surface area (Å²) >= 11 is 0. The van der Waals surface area contributed by atoms with Crippen molar-refractivity contribution in [2.75, 3.05) is 4.90 Å². The number of rotatable bonds is 5. The molecule has 4 aromatic rings. The smallest absolute Gasteiger partial charge is 0.294 e. The highest BCUT2D eigenvalue weighted by Gasteiger charge is 2.48. The molecule has 0 radical (unpaired) electrons. The van der Waals surface area contributed by atoms with Gasteiger partial charge in [-0.3, -0.25) is 19.5 Å². The first-order valence-corrected chi connectivity index (χ1v) is 11.6. The molecule has 2 amide bonds. The fourth-order valence-electron chi connectivity index (χ4n) is 4.42. The number of hydrogen-bond donors (Lipinski definition) is 1. The van der Waals surface area contributed by atoms with Crippen LogP contribution in [0.1, 0.15) is 36.6 Å². The van der Waals surface area contributed by atoms with Gasteiger partial charge in [0.05, 0.1) is 16.9 Å². The SMILES string of the molecule is Cc1cccc(N2C(=O)C(c3c(C(C)C)[nH]n(-c4ccc(F)cc4)c3=O)=C([n+]3ccccc3)C2=O)c1. The van der Waals surface area contributed by atoms with Gasteiger partial charge in [0.1, 0.15) is 11.4 Å². The Morgan fingerprint density at radius 2 is 1.56 bits per heavy atom. The number of nitrogens with zero attached hydrogens (tertiary/aromatic N) is 3. The maximum atomic E-state index is 14.0. The van der Waals surface area contributed by atoms with E-state index in [4.69, 9.17) is 0 Å². The fraction of sp³-hybridized carbons (Fsp3) is 0.143. The Labute approximate surface area is 206 Å². The third kappa shape index (κ3) is 3.76. The average Bonchev–Trinajstić information content (AvgIpc) is 3.33. The van der Waals surface area contributed by atoms with Gasteiger partial charge in [-0.1, -0.05) is 32.0 Å². The van der Waals surface area contributed by atoms with E-state index in [0.29, 0.717) is 17.1 Å². The van der Waals surface area contributed by atoms with Crippen LogP contribution in [0.2, 0.25) is 0 Å². The third-order valence-electron chi connectivity index (χ3n) is 6.12. The molecule has 0 unspecified atom stereocenters. The molecule has 7 nitrogen and oxygen atoms in total. The van der Waals surface area contributed by atoms with E-state index in [1.165, 1.54) is 28.9 Å². The topological polar surface area (TPSA) is 79.1 Å². The molecule has 1 aliphatic heterocycles. The van der Waals surface area contributed by atoms with E-state index >= 15 is 0 Å². The van der Waals surface area contributed by atoms with Crippen molar-refractivity contribution in [3.63, 3.8) is 0 Å². The van der Waals surface area contributed by atoms with E-state index in [-0.39, 0.29) is 22.8 Å². The largest absolute Gasteiger partial charge is 0.331 e. The maximum absolute atomic E-state index is 14.0. The third-order valence-corrected chi connectivity index (χ3v) is 6.12. The van der Waals surface area contributed by atoms with Gasteiger partial charge in [0, 0.05) is 17.8 Å². The number of benzene rings is 2. The first-order valence-electron chi connectivity index (χ1n) is 11.6. The van der Waals surface area contributed by atoms with Crippen LogP contribution >= 0.6 is 0 Å². The monoisotopic (exact) mass is 483 g/mol. The van der Waals surface area contributed by atoms with Crippen LogP contribution in [-0.4, -0.2) is 21.6 Å². The van der Waals surface area contributed by atoms with Crippen molar-refractivity contribution in [3.8, 4) is 5.69 Å². The summed E-state index contributed by atoms with van der Waals surface area (Å²) in [5.74, 6) is -1.72. The Bertz CT molecular complexity index is 1580. The zero-order valence-electron chi connectivity index (χ0n) is 20.0. The highest BCUT2D eigenvalue weighted by molar-refractivity contribution is 6.53. The van der Waals surface area contributed by atoms with Crippen molar-refractivity contribution in [1.29, 1.82) is 0 Å². The number of aromatic amines is 1. The molecule has 0 fully saturated rings. The van der Waals surface area contributed by atoms with Crippen LogP contribution in [0.5, 0.6) is 0 Å². The molecule has 180 valence electrons. The molecule has 1 N–H and O–H groups in total. The van der Waals surface area contributed by atoms with E-state index in [9.17, 15) is 18.8 Å². The van der Waals surface area contributed by atoms with Crippen LogP contribution < -0.4 is 15.0 Å². The van der Waals surface area contributed by atoms with Gasteiger partial charge in [-0.25, -0.2) is 14.0 Å². The Morgan fingerprint density at radius 3 is 2.19 bits per heavy atom. The van der Waals surface area contributed by atoms with Crippen molar-refractivity contribution >= 4 is 28.8 Å². The Kier molecular flexibility index (Phi) is 5.72. The average molecular weight is 484 g/mol. The summed E-state index contributed by atoms with van der Waals surface area (Å²) in [5, 5.41) is 3.09. The maximum Gasteiger partial charge on any atom is 0.331 e. The van der Waals surface area contributed by atoms with E-state index in [2.05, 4.69) is 5.10 Å². The summed E-state index contributed by atoms with van der Waals surface area (Å²) in [5.41, 5.74) is 1.95. The number of amides is 2. The number of nitrogens with one attached hydrogen (secondary N) is 1. The number of anilines is 1. The van der Waals surface area contributed by atoms with Crippen LogP contribution in [0.25, 0.3) is 17.0 Å². The number of H-pyrrole nitrogens is 1. The minimum Gasteiger partial charge on any atom is -0.294 e. The number of halogens is 1. The number of aryl methyl sites for hydroxylation is 1. The van der Waals surface area contributed by atoms with Crippen molar-refractivity contribution in [1.82, 2.24) is 9.78 Å². The lowest BCUT2D eigenvalue weighted by Gasteiger charge is -2.14. The van der Waals surface area contributed by atoms with Gasteiger partial charge in [0.25, 0.3) is 17.2 Å². The minimum atomic E-state index is -0.582. The first-order chi connectivity index (χ1) is 17.3. The number of pyridine rings is 1. The van der Waals surface area contributed by atoms with Gasteiger partial charge in [-0.15, -0.1) is 0 Å². The molecule has 0 spiro atoms. The first kappa shape index (κ1) is 23.2. The highest BCUT2D eigenvalue weighted by Crippen LogP contribution is 2.35. The van der Waals surface area contributed by atoms with Crippen LogP contribution in [0.4, 0.5) is 10.1 Å². The molecule has 2 aromatic carbocycles. The summed E-state index contributed by atoms with van der Waals surface area (Å²) in [6.45, 7) is 5.65. The van der Waals surface area contributed by atoms with E-state index in [1.54, 1.807) is 53.4 Å². The summed E-state index contributed by atoms with van der Waals surface area (Å²) < 4.78 is 16.4. The number of carbonyl (C=O) groups excluding carboxylic acids is 2. The molecule has 0 saturated carbocycles. The highest BCUT2D eigenvalue weighted by atomic mass is 19.1. The van der Waals surface area contributed by atoms with Crippen molar-refractivity contribution in [3.05, 3.63) is 112 Å². The molecule has 3 heterocycles. The van der Waals surface area contributed by atoms with Gasteiger partial charge in [-0.05, 0) is 54.8 Å². The van der Waals surface area contributed by atoms with Gasteiger partial charge in [0.2, 0.25) is 0 Å². The van der Waals surface area contributed by atoms with Crippen molar-refractivity contribution < 1.29 is 18.5 Å². The molecule has 0 saturated heterocycles. The molecule has 0 bridgehead atoms. The molecular weight excluding hydrogens is 459 g/mol. The second-order valence-electron chi connectivity index (χ2n) is 8.96. The second-order valence-corrected chi connectivity index (χ2v) is 8.96. The van der Waals surface area contributed by atoms with Gasteiger partial charge < -0.3 is 0 Å². The molecule has 36 heavy (non-hydrogen) atoms. The number of imide groups is 1. The molecule has 0 aliphatic carbocycles. The lowest BCUT2D eigenvalue weighted by Crippen LogP contribution is -2.39. The molecule has 1 aliphatic rings. The van der Waals surface area contributed by atoms with Crippen LogP contribution in [0.3, 0.4) is 0 Å². The normalized spacial score (nSPS) is 13.9. The molecule has 8 heteroatoms. The molecular formula is C28H24FN4O3+. The summed E-state index contributed by atoms with van der Waals surface area (Å²) in [4.78, 5) is 42.6. The standard InChI is InChI=1S/C28H23FN4O3/c1-17(2)24-22(27(35)33(30-24)20-12-10-19(29)11-13-20)23-25(31-14-5-4-6-15-31)28(36)32(26(23)34)21-9-7-8-18(3)16-21/h4-17H,1-3H3/p+1. The van der Waals surface area contributed by atoms with Crippen molar-refractivity contribution in [2.24, 2.45) is 0 Å². The van der Waals surface area contributed by atoms with Crippen LogP contribution in [-0.2, 0) is 9.59 Å². The lowest BCUT2D eigenvalue weighted by molar-refractivity contribution is -0.576. The number of hydrogen-bond acceptors (Lipinski definition) is 3. The Morgan fingerprint density at radius 1 is 0.861 bits per heavy atom. The minimum absolute atomic E-state index is 0.0171. The quantitative estimate of drug-likeness (QED) is 0.345. The predicted octanol–water partition coefficient (Wildman–Crippen LogP) is 3.97. The summed E-state index contributed by atoms with van der Waals surface area (Å²) in [7, 11) is 0. The summed E-state index contributed by atoms with van der Waals surface area (Å²) in [6.07, 6.45) is 3.33. The fourth-order valence-corrected chi connectivity index (χ4v) is 4.42. The van der Waals surface area contributed by atoms with Gasteiger partial charge in [-0.2, -0.15) is 4.57 Å².